The number of ether oxygens (including phenoxy) is 1. The van der Waals surface area contributed by atoms with E-state index in [9.17, 15) is 22.8 Å². The molecule has 0 radical (unpaired) electrons. The van der Waals surface area contributed by atoms with E-state index in [1.165, 1.54) is 18.9 Å². The van der Waals surface area contributed by atoms with Gasteiger partial charge < -0.3 is 26.0 Å². The minimum Gasteiger partial charge on any atom is -0.457 e. The lowest BCUT2D eigenvalue weighted by Crippen LogP contribution is -2.37. The third-order valence-corrected chi connectivity index (χ3v) is 6.49. The van der Waals surface area contributed by atoms with Crippen molar-refractivity contribution >= 4 is 34.9 Å². The smallest absolute Gasteiger partial charge is 0.417 e. The average molecular weight is 561 g/mol. The number of rotatable bonds is 8. The predicted octanol–water partition coefficient (Wildman–Crippen LogP) is 7.06. The Balaban J connectivity index is 1.28. The number of hydrogen-bond donors (Lipinski definition) is 4. The highest BCUT2D eigenvalue weighted by Gasteiger charge is 2.33. The van der Waals surface area contributed by atoms with Crippen LogP contribution in [0.5, 0.6) is 11.5 Å². The van der Waals surface area contributed by atoms with Crippen molar-refractivity contribution in [3.05, 3.63) is 82.9 Å². The van der Waals surface area contributed by atoms with Crippen molar-refractivity contribution in [2.75, 3.05) is 23.7 Å². The molecule has 1 unspecified atom stereocenters. The van der Waals surface area contributed by atoms with Crippen LogP contribution >= 0.6 is 11.6 Å². The molecule has 4 N–H and O–H groups in total. The second kappa shape index (κ2) is 12.9. The summed E-state index contributed by atoms with van der Waals surface area (Å²) in [6.45, 7) is 1.61. The quantitative estimate of drug-likeness (QED) is 0.237. The summed E-state index contributed by atoms with van der Waals surface area (Å²) in [6, 6.07) is 16.0. The van der Waals surface area contributed by atoms with E-state index in [0.29, 0.717) is 35.3 Å². The molecule has 3 amide bonds. The first-order chi connectivity index (χ1) is 18.7. The first-order valence-corrected chi connectivity index (χ1v) is 12.9. The Kier molecular flexibility index (Phi) is 9.32. The molecule has 7 nitrogen and oxygen atoms in total. The van der Waals surface area contributed by atoms with Gasteiger partial charge in [-0.05, 0) is 86.5 Å². The van der Waals surface area contributed by atoms with Gasteiger partial charge in [-0.15, -0.1) is 0 Å². The molecular formula is C28H28ClF3N4O3. The van der Waals surface area contributed by atoms with Gasteiger partial charge in [0.25, 0.3) is 5.91 Å². The first kappa shape index (κ1) is 28.3. The maximum absolute atomic E-state index is 13.0. The Bertz CT molecular complexity index is 1300. The summed E-state index contributed by atoms with van der Waals surface area (Å²) < 4.78 is 45.0. The summed E-state index contributed by atoms with van der Waals surface area (Å²) in [4.78, 5) is 24.8. The summed E-state index contributed by atoms with van der Waals surface area (Å²) in [5.74, 6) is 0.762. The van der Waals surface area contributed by atoms with Gasteiger partial charge in [0.2, 0.25) is 0 Å². The summed E-state index contributed by atoms with van der Waals surface area (Å²) in [5.41, 5.74) is -0.221. The van der Waals surface area contributed by atoms with Crippen LogP contribution in [0, 0.1) is 0 Å². The maximum Gasteiger partial charge on any atom is 0.417 e. The van der Waals surface area contributed by atoms with Gasteiger partial charge in [0.1, 0.15) is 11.5 Å². The normalized spacial score (nSPS) is 15.3. The van der Waals surface area contributed by atoms with Crippen LogP contribution in [0.25, 0.3) is 0 Å². The number of carbonyl (C=O) groups is 2. The monoisotopic (exact) mass is 560 g/mol. The van der Waals surface area contributed by atoms with Gasteiger partial charge in [-0.3, -0.25) is 4.79 Å². The van der Waals surface area contributed by atoms with Crippen LogP contribution in [0.1, 0.15) is 41.6 Å². The molecule has 206 valence electrons. The minimum absolute atomic E-state index is 0.0567. The number of hydrogen-bond acceptors (Lipinski definition) is 4. The molecule has 4 rings (SSSR count). The number of carbonyl (C=O) groups excluding carboxylic acids is 2. The molecule has 1 saturated heterocycles. The summed E-state index contributed by atoms with van der Waals surface area (Å²) >= 11 is 5.61. The fraction of sp³-hybridized carbons (Fsp3) is 0.286. The van der Waals surface area contributed by atoms with E-state index in [0.717, 1.165) is 31.5 Å². The van der Waals surface area contributed by atoms with E-state index in [4.69, 9.17) is 16.3 Å². The number of anilines is 2. The molecule has 0 spiro atoms. The highest BCUT2D eigenvalue weighted by Crippen LogP contribution is 2.36. The van der Waals surface area contributed by atoms with Crippen molar-refractivity contribution in [1.29, 1.82) is 0 Å². The number of amides is 3. The van der Waals surface area contributed by atoms with Crippen LogP contribution < -0.4 is 26.0 Å². The number of benzene rings is 3. The fourth-order valence-corrected chi connectivity index (χ4v) is 4.41. The second-order valence-electron chi connectivity index (χ2n) is 9.12. The molecule has 0 bridgehead atoms. The Morgan fingerprint density at radius 3 is 2.41 bits per heavy atom. The van der Waals surface area contributed by atoms with Crippen LogP contribution in [0.3, 0.4) is 0 Å². The van der Waals surface area contributed by atoms with Gasteiger partial charge in [-0.25, -0.2) is 4.79 Å². The number of urea groups is 1. The molecule has 11 heteroatoms. The molecule has 1 heterocycles. The lowest BCUT2D eigenvalue weighted by Gasteiger charge is -2.23. The molecule has 3 aromatic rings. The molecule has 0 aromatic heterocycles. The third-order valence-electron chi connectivity index (χ3n) is 6.16. The van der Waals surface area contributed by atoms with Crippen molar-refractivity contribution in [2.24, 2.45) is 0 Å². The van der Waals surface area contributed by atoms with Crippen molar-refractivity contribution in [1.82, 2.24) is 10.6 Å². The molecular weight excluding hydrogens is 533 g/mol. The van der Waals surface area contributed by atoms with Crippen molar-refractivity contribution < 1.29 is 27.5 Å². The van der Waals surface area contributed by atoms with Crippen LogP contribution in [0.2, 0.25) is 5.02 Å². The van der Waals surface area contributed by atoms with E-state index >= 15 is 0 Å². The summed E-state index contributed by atoms with van der Waals surface area (Å²) in [5, 5.41) is 10.9. The van der Waals surface area contributed by atoms with Gasteiger partial charge in [-0.1, -0.05) is 24.1 Å². The van der Waals surface area contributed by atoms with Gasteiger partial charge in [0.05, 0.1) is 10.6 Å². The van der Waals surface area contributed by atoms with Crippen molar-refractivity contribution in [3.8, 4) is 11.5 Å². The molecule has 1 fully saturated rings. The minimum atomic E-state index is -4.64. The molecule has 3 aromatic carbocycles. The molecule has 39 heavy (non-hydrogen) atoms. The van der Waals surface area contributed by atoms with Crippen LogP contribution in [-0.4, -0.2) is 31.1 Å². The molecule has 0 aliphatic carbocycles. The lowest BCUT2D eigenvalue weighted by atomic mass is 10.0. The standard InChI is InChI=1S/C28H28ClF3N4O3/c29-25-12-9-21(17-24(25)28(30,31)32)36-27(38)35-20-7-10-22(11-8-20)39-23-6-3-4-18(16-23)26(37)34-15-13-19-5-1-2-14-33-19/h3-4,6-12,16-17,19,33H,1-2,5,13-15H2,(H,34,37)(H2,35,36,38). The van der Waals surface area contributed by atoms with Gasteiger partial charge in [0, 0.05) is 29.5 Å². The van der Waals surface area contributed by atoms with Crippen molar-refractivity contribution in [3.63, 3.8) is 0 Å². The van der Waals surface area contributed by atoms with Gasteiger partial charge >= 0.3 is 12.2 Å². The topological polar surface area (TPSA) is 91.5 Å². The van der Waals surface area contributed by atoms with E-state index in [-0.39, 0.29) is 11.6 Å². The zero-order chi connectivity index (χ0) is 27.8. The summed E-state index contributed by atoms with van der Waals surface area (Å²) in [7, 11) is 0. The van der Waals surface area contributed by atoms with Crippen LogP contribution in [-0.2, 0) is 6.18 Å². The summed E-state index contributed by atoms with van der Waals surface area (Å²) in [6.07, 6.45) is -0.219. The molecule has 1 aliphatic heterocycles. The fourth-order valence-electron chi connectivity index (χ4n) is 4.19. The molecule has 1 aliphatic rings. The number of piperidine rings is 1. The van der Waals surface area contributed by atoms with E-state index < -0.39 is 22.8 Å². The third kappa shape index (κ3) is 8.36. The van der Waals surface area contributed by atoms with E-state index in [1.54, 1.807) is 48.5 Å². The zero-order valence-electron chi connectivity index (χ0n) is 20.9. The van der Waals surface area contributed by atoms with Crippen molar-refractivity contribution in [2.45, 2.75) is 37.9 Å². The van der Waals surface area contributed by atoms with Gasteiger partial charge in [0.15, 0.2) is 0 Å². The Labute approximate surface area is 229 Å². The largest absolute Gasteiger partial charge is 0.457 e. The predicted molar refractivity (Wildman–Crippen MR) is 145 cm³/mol. The zero-order valence-corrected chi connectivity index (χ0v) is 21.7. The SMILES string of the molecule is O=C(Nc1ccc(Oc2cccc(C(=O)NCCC3CCCCN3)c2)cc1)Nc1ccc(Cl)c(C(F)(F)F)c1. The first-order valence-electron chi connectivity index (χ1n) is 12.5. The number of nitrogens with one attached hydrogen (secondary N) is 4. The second-order valence-corrected chi connectivity index (χ2v) is 9.52. The lowest BCUT2D eigenvalue weighted by molar-refractivity contribution is -0.137. The molecule has 0 saturated carbocycles. The highest BCUT2D eigenvalue weighted by molar-refractivity contribution is 6.31. The van der Waals surface area contributed by atoms with Crippen LogP contribution in [0.4, 0.5) is 29.3 Å². The van der Waals surface area contributed by atoms with E-state index in [2.05, 4.69) is 21.3 Å². The Hall–Kier alpha value is -3.76. The molecule has 1 atom stereocenters. The number of halogens is 4. The highest BCUT2D eigenvalue weighted by atomic mass is 35.5. The van der Waals surface area contributed by atoms with Gasteiger partial charge in [-0.2, -0.15) is 13.2 Å². The van der Waals surface area contributed by atoms with E-state index in [1.807, 2.05) is 0 Å². The van der Waals surface area contributed by atoms with Crippen LogP contribution in [0.15, 0.2) is 66.7 Å². The maximum atomic E-state index is 13.0. The number of alkyl halides is 3. The average Bonchev–Trinajstić information content (AvgIpc) is 2.91. The Morgan fingerprint density at radius 2 is 1.69 bits per heavy atom. The Morgan fingerprint density at radius 1 is 0.949 bits per heavy atom.